The van der Waals surface area contributed by atoms with Gasteiger partial charge in [-0.15, -0.1) is 0 Å². The highest BCUT2D eigenvalue weighted by molar-refractivity contribution is 5.79. The summed E-state index contributed by atoms with van der Waals surface area (Å²) in [6.45, 7) is 7.71. The summed E-state index contributed by atoms with van der Waals surface area (Å²) in [7, 11) is 3.19. The number of rotatable bonds is 7. The number of ketones is 1. The number of ether oxygens (including phenoxy) is 3. The van der Waals surface area contributed by atoms with Crippen LogP contribution in [0.4, 0.5) is 0 Å². The average Bonchev–Trinajstić information content (AvgIpc) is 3.13. The second-order valence-electron chi connectivity index (χ2n) is 11.9. The molecule has 0 bridgehead atoms. The molecule has 4 aliphatic carbocycles. The second-order valence-corrected chi connectivity index (χ2v) is 11.9. The van der Waals surface area contributed by atoms with Crippen LogP contribution in [0, 0.1) is 46.3 Å². The summed E-state index contributed by atoms with van der Waals surface area (Å²) in [6.07, 6.45) is 10.2. The molecular formula is C27H44O5. The molecule has 4 saturated carbocycles. The van der Waals surface area contributed by atoms with Crippen LogP contribution in [0.15, 0.2) is 0 Å². The molecule has 0 amide bonds. The minimum Gasteiger partial charge on any atom is -0.469 e. The van der Waals surface area contributed by atoms with Gasteiger partial charge in [-0.3, -0.25) is 9.59 Å². The molecule has 0 spiro atoms. The summed E-state index contributed by atoms with van der Waals surface area (Å²) in [5.74, 6) is 3.83. The Morgan fingerprint density at radius 3 is 2.56 bits per heavy atom. The molecule has 5 heteroatoms. The maximum atomic E-state index is 12.3. The Balaban J connectivity index is 1.58. The van der Waals surface area contributed by atoms with Gasteiger partial charge >= 0.3 is 5.97 Å². The second kappa shape index (κ2) is 9.37. The first-order valence-electron chi connectivity index (χ1n) is 12.9. The third-order valence-corrected chi connectivity index (χ3v) is 10.7. The molecule has 5 nitrogen and oxygen atoms in total. The van der Waals surface area contributed by atoms with E-state index in [-0.39, 0.29) is 17.5 Å². The quantitative estimate of drug-likeness (QED) is 0.385. The summed E-state index contributed by atoms with van der Waals surface area (Å²) in [4.78, 5) is 24.1. The highest BCUT2D eigenvalue weighted by Crippen LogP contribution is 2.68. The average molecular weight is 449 g/mol. The molecule has 0 aromatic rings. The van der Waals surface area contributed by atoms with Crippen LogP contribution in [-0.2, 0) is 23.8 Å². The molecule has 9 atom stereocenters. The van der Waals surface area contributed by atoms with Gasteiger partial charge in [0, 0.05) is 26.4 Å². The van der Waals surface area contributed by atoms with E-state index in [1.54, 1.807) is 7.11 Å². The van der Waals surface area contributed by atoms with Gasteiger partial charge in [-0.1, -0.05) is 20.8 Å². The van der Waals surface area contributed by atoms with Crippen LogP contribution in [0.25, 0.3) is 0 Å². The fourth-order valence-corrected chi connectivity index (χ4v) is 8.94. The van der Waals surface area contributed by atoms with Gasteiger partial charge in [0.05, 0.1) is 13.2 Å². The Hall–Kier alpha value is -0.940. The Bertz CT molecular complexity index is 706. The lowest BCUT2D eigenvalue weighted by atomic mass is 9.43. The molecule has 0 saturated heterocycles. The van der Waals surface area contributed by atoms with Gasteiger partial charge in [0.15, 0.2) is 0 Å². The molecule has 0 aliphatic heterocycles. The highest BCUT2D eigenvalue weighted by atomic mass is 16.7. The Labute approximate surface area is 194 Å². The summed E-state index contributed by atoms with van der Waals surface area (Å²) in [6, 6.07) is 0. The van der Waals surface area contributed by atoms with Crippen LogP contribution >= 0.6 is 0 Å². The normalized spacial score (nSPS) is 44.3. The van der Waals surface area contributed by atoms with E-state index in [9.17, 15) is 9.59 Å². The van der Waals surface area contributed by atoms with Crippen molar-refractivity contribution in [3.05, 3.63) is 0 Å². The predicted octanol–water partition coefficient (Wildman–Crippen LogP) is 5.40. The van der Waals surface area contributed by atoms with Crippen molar-refractivity contribution in [1.82, 2.24) is 0 Å². The van der Waals surface area contributed by atoms with Crippen molar-refractivity contribution in [3.8, 4) is 0 Å². The van der Waals surface area contributed by atoms with Crippen molar-refractivity contribution >= 4 is 11.8 Å². The van der Waals surface area contributed by atoms with Gasteiger partial charge in [-0.05, 0) is 91.3 Å². The summed E-state index contributed by atoms with van der Waals surface area (Å²) < 4.78 is 16.6. The number of Topliss-reactive ketones (excluding diaryl/α,β-unsaturated/α-hetero) is 1. The van der Waals surface area contributed by atoms with E-state index in [2.05, 4.69) is 20.8 Å². The summed E-state index contributed by atoms with van der Waals surface area (Å²) >= 11 is 0. The lowest BCUT2D eigenvalue weighted by molar-refractivity contribution is -0.201. The zero-order valence-electron chi connectivity index (χ0n) is 20.9. The zero-order valence-corrected chi connectivity index (χ0v) is 20.9. The summed E-state index contributed by atoms with van der Waals surface area (Å²) in [5, 5.41) is 0. The van der Waals surface area contributed by atoms with Gasteiger partial charge in [0.2, 0.25) is 0 Å². The number of carbonyl (C=O) groups excluding carboxylic acids is 2. The van der Waals surface area contributed by atoms with Crippen LogP contribution in [0.1, 0.15) is 85.0 Å². The van der Waals surface area contributed by atoms with Gasteiger partial charge in [0.1, 0.15) is 12.6 Å². The molecule has 0 unspecified atom stereocenters. The van der Waals surface area contributed by atoms with Gasteiger partial charge < -0.3 is 14.2 Å². The number of esters is 1. The Morgan fingerprint density at radius 1 is 1.09 bits per heavy atom. The fourth-order valence-electron chi connectivity index (χ4n) is 8.94. The van der Waals surface area contributed by atoms with E-state index in [1.165, 1.54) is 32.8 Å². The van der Waals surface area contributed by atoms with Crippen molar-refractivity contribution in [2.45, 2.75) is 91.1 Å². The first kappa shape index (κ1) is 24.2. The van der Waals surface area contributed by atoms with Gasteiger partial charge in [-0.2, -0.15) is 0 Å². The first-order chi connectivity index (χ1) is 15.2. The zero-order chi connectivity index (χ0) is 23.1. The van der Waals surface area contributed by atoms with Crippen molar-refractivity contribution in [1.29, 1.82) is 0 Å². The molecule has 0 N–H and O–H groups in total. The van der Waals surface area contributed by atoms with Gasteiger partial charge in [0.25, 0.3) is 0 Å². The van der Waals surface area contributed by atoms with Crippen molar-refractivity contribution in [2.75, 3.05) is 21.0 Å². The van der Waals surface area contributed by atoms with Crippen LogP contribution < -0.4 is 0 Å². The molecule has 32 heavy (non-hydrogen) atoms. The largest absolute Gasteiger partial charge is 0.469 e. The fraction of sp³-hybridized carbons (Fsp3) is 0.926. The van der Waals surface area contributed by atoms with E-state index < -0.39 is 0 Å². The molecule has 182 valence electrons. The third-order valence-electron chi connectivity index (χ3n) is 10.7. The van der Waals surface area contributed by atoms with Crippen LogP contribution in [0.3, 0.4) is 0 Å². The van der Waals surface area contributed by atoms with E-state index in [0.29, 0.717) is 59.9 Å². The topological polar surface area (TPSA) is 61.8 Å². The predicted molar refractivity (Wildman–Crippen MR) is 123 cm³/mol. The third kappa shape index (κ3) is 4.06. The SMILES string of the molecule is COCO[C@@H]1C[C@H]2CC(=O)CC[C@]2(C)[C@H]2CC[C@]3(C)[C@@H]([C@H](C)CCC(=O)OC)CC[C@H]3[C@H]12. The van der Waals surface area contributed by atoms with E-state index in [4.69, 9.17) is 14.2 Å². The van der Waals surface area contributed by atoms with Crippen molar-refractivity contribution in [2.24, 2.45) is 46.3 Å². The van der Waals surface area contributed by atoms with E-state index in [0.717, 1.165) is 32.1 Å². The monoisotopic (exact) mass is 448 g/mol. The molecule has 4 rings (SSSR count). The molecule has 0 aromatic heterocycles. The molecule has 0 heterocycles. The van der Waals surface area contributed by atoms with Crippen LogP contribution in [0.5, 0.6) is 0 Å². The number of methoxy groups -OCH3 is 2. The maximum absolute atomic E-state index is 12.3. The maximum Gasteiger partial charge on any atom is 0.305 e. The Kier molecular flexibility index (Phi) is 7.08. The molecule has 0 aromatic carbocycles. The lowest BCUT2D eigenvalue weighted by Crippen LogP contribution is -2.59. The minimum absolute atomic E-state index is 0.0913. The highest BCUT2D eigenvalue weighted by Gasteiger charge is 2.63. The van der Waals surface area contributed by atoms with Crippen LogP contribution in [-0.4, -0.2) is 38.9 Å². The van der Waals surface area contributed by atoms with E-state index >= 15 is 0 Å². The first-order valence-corrected chi connectivity index (χ1v) is 12.9. The molecule has 0 radical (unpaired) electrons. The van der Waals surface area contributed by atoms with Crippen molar-refractivity contribution in [3.63, 3.8) is 0 Å². The smallest absolute Gasteiger partial charge is 0.305 e. The van der Waals surface area contributed by atoms with Crippen molar-refractivity contribution < 1.29 is 23.8 Å². The Morgan fingerprint density at radius 2 is 1.84 bits per heavy atom. The minimum atomic E-state index is -0.0913. The lowest BCUT2D eigenvalue weighted by Gasteiger charge is -2.62. The standard InChI is InChI=1S/C27H44O5/c1-17(6-9-24(29)31-5)20-7-8-21-25-22(11-13-27(20,21)3)26(2)12-10-19(28)14-18(26)15-23(25)32-16-30-4/h17-18,20-23,25H,6-16H2,1-5H3/t17-,18-,20-,21+,22+,23-,25+,26+,27-/m1/s1. The number of hydrogen-bond donors (Lipinski definition) is 0. The molecule has 4 aliphatic rings. The number of hydrogen-bond acceptors (Lipinski definition) is 5. The molecule has 4 fully saturated rings. The van der Waals surface area contributed by atoms with Gasteiger partial charge in [-0.25, -0.2) is 0 Å². The van der Waals surface area contributed by atoms with E-state index in [1.807, 2.05) is 0 Å². The summed E-state index contributed by atoms with van der Waals surface area (Å²) in [5.41, 5.74) is 0.570. The number of fused-ring (bicyclic) bond motifs is 5. The molecular weight excluding hydrogens is 404 g/mol. The van der Waals surface area contributed by atoms with Crippen LogP contribution in [0.2, 0.25) is 0 Å². The number of carbonyl (C=O) groups is 2.